The van der Waals surface area contributed by atoms with E-state index in [1.54, 1.807) is 72.2 Å². The van der Waals surface area contributed by atoms with E-state index in [2.05, 4.69) is 52.8 Å². The number of thiol groups is 1. The number of fused-ring (bicyclic) bond motifs is 3. The molecule has 6 aromatic rings. The number of methoxy groups -OCH3 is 1. The summed E-state index contributed by atoms with van der Waals surface area (Å²) in [4.78, 5) is 63.9. The number of nitrogens with one attached hydrogen (secondary N) is 2. The van der Waals surface area contributed by atoms with E-state index in [0.29, 0.717) is 11.1 Å². The van der Waals surface area contributed by atoms with Crippen LogP contribution < -0.4 is 10.6 Å². The molecule has 4 aromatic heterocycles. The Hall–Kier alpha value is -4.65. The van der Waals surface area contributed by atoms with Gasteiger partial charge in [0.25, 0.3) is 11.8 Å². The Morgan fingerprint density at radius 3 is 1.94 bits per heavy atom. The third-order valence-electron chi connectivity index (χ3n) is 11.1. The highest BCUT2D eigenvalue weighted by molar-refractivity contribution is 8.44. The monoisotopic (exact) mass is 938 g/mol. The second-order valence-electron chi connectivity index (χ2n) is 15.1. The number of benzene rings is 2. The van der Waals surface area contributed by atoms with Crippen molar-refractivity contribution in [3.63, 3.8) is 0 Å². The average Bonchev–Trinajstić information content (AvgIpc) is 4.10. The van der Waals surface area contributed by atoms with Gasteiger partial charge in [0.2, 0.25) is 0 Å². The summed E-state index contributed by atoms with van der Waals surface area (Å²) in [7, 11) is 1.40. The SMILES string of the molecule is CO[C@H]1[C@H](n2cnc3c(NC(=O)c4ccccc4)ncnc32)O[C@]2(C)COP(O)(=S)O[C@H]3[C@H]4OC[C@]3(COP(=O)(S)O[C@@H]12)O[C@H]4n1cnc2c(NC(=O)c3ccccc3)ncnc21. The Labute approximate surface area is 366 Å². The summed E-state index contributed by atoms with van der Waals surface area (Å²) in [5.41, 5.74) is -1.27. The fourth-order valence-corrected chi connectivity index (χ4v) is 11.1. The molecule has 0 radical (unpaired) electrons. The molecule has 2 aromatic carbocycles. The van der Waals surface area contributed by atoms with Crippen molar-refractivity contribution in [2.75, 3.05) is 37.6 Å². The second-order valence-corrected chi connectivity index (χ2v) is 20.8. The highest BCUT2D eigenvalue weighted by Gasteiger charge is 2.66. The van der Waals surface area contributed by atoms with E-state index < -0.39 is 86.6 Å². The van der Waals surface area contributed by atoms with Crippen LogP contribution >= 0.6 is 25.8 Å². The van der Waals surface area contributed by atoms with Crippen LogP contribution in [0.25, 0.3) is 22.3 Å². The van der Waals surface area contributed by atoms with E-state index in [1.807, 2.05) is 0 Å². The maximum absolute atomic E-state index is 14.3. The number of rotatable bonds is 7. The molecule has 0 spiro atoms. The van der Waals surface area contributed by atoms with Gasteiger partial charge in [0.05, 0.1) is 32.5 Å². The molecule has 22 nitrogen and oxygen atoms in total. The number of carbonyl (C=O) groups is 2. The van der Waals surface area contributed by atoms with Gasteiger partial charge in [-0.05, 0) is 43.0 Å². The number of nitrogens with zero attached hydrogens (tertiary/aromatic N) is 8. The highest BCUT2D eigenvalue weighted by atomic mass is 32.7. The van der Waals surface area contributed by atoms with Gasteiger partial charge in [0.1, 0.15) is 48.3 Å². The Balaban J connectivity index is 0.921. The number of hydrogen-bond acceptors (Lipinski definition) is 18. The first-order valence-electron chi connectivity index (χ1n) is 19.2. The van der Waals surface area contributed by atoms with E-state index >= 15 is 0 Å². The lowest BCUT2D eigenvalue weighted by atomic mass is 9.98. The van der Waals surface area contributed by atoms with Gasteiger partial charge < -0.3 is 39.0 Å². The fourth-order valence-electron chi connectivity index (χ4n) is 8.07. The van der Waals surface area contributed by atoms with Crippen LogP contribution in [0.3, 0.4) is 0 Å². The van der Waals surface area contributed by atoms with E-state index in [1.165, 1.54) is 37.0 Å². The minimum absolute atomic E-state index is 0.141. The third-order valence-corrected chi connectivity index (χ3v) is 14.2. The van der Waals surface area contributed by atoms with Crippen molar-refractivity contribution in [1.82, 2.24) is 39.0 Å². The number of carbonyl (C=O) groups excluding carboxylic acids is 2. The molecule has 0 saturated carbocycles. The average molecular weight is 939 g/mol. The molecule has 3 N–H and O–H groups in total. The second kappa shape index (κ2) is 16.1. The van der Waals surface area contributed by atoms with E-state index in [-0.39, 0.29) is 40.6 Å². The number of hydrogen-bond donors (Lipinski definition) is 4. The van der Waals surface area contributed by atoms with Crippen LogP contribution in [-0.2, 0) is 53.4 Å². The largest absolute Gasteiger partial charge is 0.386 e. The minimum atomic E-state index is -4.36. The number of amides is 2. The molecular formula is C37H36N10O12P2S2. The lowest BCUT2D eigenvalue weighted by Crippen LogP contribution is -2.48. The van der Waals surface area contributed by atoms with Crippen LogP contribution in [0.2, 0.25) is 0 Å². The first-order chi connectivity index (χ1) is 30.3. The maximum Gasteiger partial charge on any atom is 0.386 e. The molecule has 2 unspecified atom stereocenters. The van der Waals surface area contributed by atoms with Crippen LogP contribution in [0.1, 0.15) is 40.1 Å². The molecule has 10 atom stereocenters. The van der Waals surface area contributed by atoms with Gasteiger partial charge in [0, 0.05) is 18.2 Å². The molecule has 4 saturated heterocycles. The van der Waals surface area contributed by atoms with Crippen LogP contribution in [0.4, 0.5) is 11.6 Å². The number of aromatic nitrogens is 8. The summed E-state index contributed by atoms with van der Waals surface area (Å²) >= 11 is 9.97. The molecule has 328 valence electrons. The van der Waals surface area contributed by atoms with Crippen molar-refractivity contribution in [3.05, 3.63) is 97.1 Å². The molecule has 8 heterocycles. The molecule has 63 heavy (non-hydrogen) atoms. The zero-order chi connectivity index (χ0) is 43.7. The summed E-state index contributed by atoms with van der Waals surface area (Å²) in [6, 6.07) is 17.2. The topological polar surface area (TPSA) is 257 Å². The van der Waals surface area contributed by atoms with Crippen LogP contribution in [-0.4, -0.2) is 118 Å². The van der Waals surface area contributed by atoms with Crippen molar-refractivity contribution in [1.29, 1.82) is 0 Å². The van der Waals surface area contributed by atoms with E-state index in [4.69, 9.17) is 48.8 Å². The van der Waals surface area contributed by atoms with Crippen molar-refractivity contribution in [2.24, 2.45) is 0 Å². The predicted octanol–water partition coefficient (Wildman–Crippen LogP) is 4.21. The summed E-state index contributed by atoms with van der Waals surface area (Å²) < 4.78 is 67.1. The van der Waals surface area contributed by atoms with Crippen molar-refractivity contribution in [3.8, 4) is 0 Å². The first-order valence-corrected chi connectivity index (χ1v) is 24.5. The molecule has 26 heteroatoms. The first kappa shape index (κ1) is 42.3. The summed E-state index contributed by atoms with van der Waals surface area (Å²) in [5, 5.41) is 5.54. The van der Waals surface area contributed by atoms with Crippen LogP contribution in [0.5, 0.6) is 0 Å². The number of ether oxygens (including phenoxy) is 4. The summed E-state index contributed by atoms with van der Waals surface area (Å²) in [5.74, 6) is -0.521. The van der Waals surface area contributed by atoms with E-state index in [9.17, 15) is 19.0 Å². The van der Waals surface area contributed by atoms with E-state index in [0.717, 1.165) is 0 Å². The quantitative estimate of drug-likeness (QED) is 0.129. The summed E-state index contributed by atoms with van der Waals surface area (Å²) in [6.45, 7) is -8.05. The van der Waals surface area contributed by atoms with Gasteiger partial charge in [-0.15, -0.1) is 0 Å². The number of anilines is 2. The molecule has 4 aliphatic rings. The lowest BCUT2D eigenvalue weighted by molar-refractivity contribution is -0.183. The molecular weight excluding hydrogens is 903 g/mol. The van der Waals surface area contributed by atoms with Gasteiger partial charge in [-0.3, -0.25) is 32.3 Å². The Kier molecular flexibility index (Phi) is 10.8. The smallest absolute Gasteiger partial charge is 0.374 e. The van der Waals surface area contributed by atoms with Crippen molar-refractivity contribution in [2.45, 2.75) is 55.0 Å². The predicted molar refractivity (Wildman–Crippen MR) is 226 cm³/mol. The number of imidazole rings is 2. The van der Waals surface area contributed by atoms with Crippen molar-refractivity contribution < 1.29 is 56.1 Å². The maximum atomic E-state index is 14.3. The minimum Gasteiger partial charge on any atom is -0.374 e. The molecule has 10 rings (SSSR count). The van der Waals surface area contributed by atoms with Gasteiger partial charge in [-0.2, -0.15) is 0 Å². The normalized spacial score (nSPS) is 33.0. The van der Waals surface area contributed by atoms with Crippen LogP contribution in [0, 0.1) is 0 Å². The zero-order valence-corrected chi connectivity index (χ0v) is 36.4. The molecule has 2 bridgehead atoms. The molecule has 2 amide bonds. The van der Waals surface area contributed by atoms with Gasteiger partial charge in [0.15, 0.2) is 46.4 Å². The third kappa shape index (κ3) is 7.67. The van der Waals surface area contributed by atoms with Crippen LogP contribution in [0.15, 0.2) is 86.0 Å². The Morgan fingerprint density at radius 2 is 1.37 bits per heavy atom. The highest BCUT2D eigenvalue weighted by Crippen LogP contribution is 2.62. The zero-order valence-electron chi connectivity index (χ0n) is 32.9. The van der Waals surface area contributed by atoms with Crippen molar-refractivity contribution >= 4 is 83.3 Å². The molecule has 4 fully saturated rings. The fraction of sp³-hybridized carbons (Fsp3) is 0.351. The van der Waals surface area contributed by atoms with Gasteiger partial charge >= 0.3 is 13.5 Å². The lowest BCUT2D eigenvalue weighted by Gasteiger charge is -2.36. The van der Waals surface area contributed by atoms with Gasteiger partial charge in [-0.25, -0.2) is 34.5 Å². The molecule has 0 aliphatic carbocycles. The Bertz CT molecular complexity index is 2850. The van der Waals surface area contributed by atoms with Gasteiger partial charge in [-0.1, -0.05) is 48.6 Å². The Morgan fingerprint density at radius 1 is 0.794 bits per heavy atom. The molecule has 4 aliphatic heterocycles. The summed E-state index contributed by atoms with van der Waals surface area (Å²) in [6.07, 6.45) is -1.14. The standard InChI is InChI=1S/C37H36N10O12P2S2/c1-36-13-54-60(50,62)59-27-25-35(47-19-43-23-29(39-17-41-31(23)47)45-33(49)21-11-7-4-8-12-21)57-37(27,14-53-25)15-55-61(51,63)58-26(36)24(52-2)34(56-36)46-18-42-22-28(38-16-40-30(22)46)44-32(48)20-9-5-3-6-10-20/h3-12,16-19,24-27,34-35H,13-15H2,1-2H3,(H,50,62)(H,51,63)(H,38,40,44,48)(H,39,41,45,49)/t24-,25-,26+,27+,34-,35-,36-,37-,60?,61?/m1/s1.